The lowest BCUT2D eigenvalue weighted by Gasteiger charge is -2.18. The molecule has 0 bridgehead atoms. The first-order valence-corrected chi connectivity index (χ1v) is 11.8. The number of sulfonamides is 1. The highest BCUT2D eigenvalue weighted by Crippen LogP contribution is 2.28. The number of ether oxygens (including phenoxy) is 1. The number of rotatable bonds is 7. The molecule has 0 unspecified atom stereocenters. The molecule has 3 aromatic carbocycles. The van der Waals surface area contributed by atoms with Crippen LogP contribution in [-0.4, -0.2) is 21.4 Å². The van der Waals surface area contributed by atoms with E-state index in [4.69, 9.17) is 16.3 Å². The molecule has 0 fully saturated rings. The molecular weight excluding hydrogens is 448 g/mol. The number of hydrogen-bond acceptors (Lipinski definition) is 4. The van der Waals surface area contributed by atoms with Crippen LogP contribution < -0.4 is 14.8 Å². The van der Waals surface area contributed by atoms with Crippen molar-refractivity contribution in [3.8, 4) is 5.75 Å². The zero-order valence-corrected chi connectivity index (χ0v) is 19.8. The fourth-order valence-electron chi connectivity index (χ4n) is 3.36. The van der Waals surface area contributed by atoms with Gasteiger partial charge < -0.3 is 10.1 Å². The minimum atomic E-state index is -4.01. The summed E-state index contributed by atoms with van der Waals surface area (Å²) in [6.45, 7) is 5.57. The summed E-state index contributed by atoms with van der Waals surface area (Å²) < 4.78 is 33.9. The van der Waals surface area contributed by atoms with Gasteiger partial charge in [-0.15, -0.1) is 0 Å². The second kappa shape index (κ2) is 9.63. The quantitative estimate of drug-likeness (QED) is 0.491. The smallest absolute Gasteiger partial charge is 0.263 e. The van der Waals surface area contributed by atoms with Crippen molar-refractivity contribution in [2.45, 2.75) is 31.7 Å². The van der Waals surface area contributed by atoms with Crippen LogP contribution in [0.3, 0.4) is 0 Å². The van der Waals surface area contributed by atoms with Crippen LogP contribution in [-0.2, 0) is 10.0 Å². The van der Waals surface area contributed by atoms with Crippen molar-refractivity contribution in [1.29, 1.82) is 0 Å². The van der Waals surface area contributed by atoms with Gasteiger partial charge in [0.05, 0.1) is 23.9 Å². The number of halogens is 1. The summed E-state index contributed by atoms with van der Waals surface area (Å²) in [6, 6.07) is 16.6. The van der Waals surface area contributed by atoms with Gasteiger partial charge in [0.25, 0.3) is 15.9 Å². The second-order valence-corrected chi connectivity index (χ2v) is 9.56. The molecule has 0 spiro atoms. The number of amides is 1. The lowest BCUT2D eigenvalue weighted by atomic mass is 10.1. The van der Waals surface area contributed by atoms with Crippen molar-refractivity contribution in [3.05, 3.63) is 87.9 Å². The number of benzene rings is 3. The number of aryl methyl sites for hydroxylation is 2. The predicted molar refractivity (Wildman–Crippen MR) is 127 cm³/mol. The summed E-state index contributed by atoms with van der Waals surface area (Å²) in [5.74, 6) is 0.223. The molecule has 0 radical (unpaired) electrons. The standard InChI is InChI=1S/C24H25ClN2O4S/c1-15-9-12-21(16(2)13-15)27-32(29,30)23-14-18(10-11-20(23)25)24(28)26-17(3)19-7-5-6-8-22(19)31-4/h5-14,17,27H,1-4H3,(H,26,28)/t17-/m0/s1. The summed E-state index contributed by atoms with van der Waals surface area (Å²) >= 11 is 6.19. The minimum Gasteiger partial charge on any atom is -0.496 e. The van der Waals surface area contributed by atoms with E-state index in [0.29, 0.717) is 11.4 Å². The first-order chi connectivity index (χ1) is 15.1. The van der Waals surface area contributed by atoms with E-state index in [-0.39, 0.29) is 21.5 Å². The van der Waals surface area contributed by atoms with Crippen LogP contribution in [0.4, 0.5) is 5.69 Å². The zero-order chi connectivity index (χ0) is 23.5. The largest absolute Gasteiger partial charge is 0.496 e. The van der Waals surface area contributed by atoms with E-state index in [9.17, 15) is 13.2 Å². The van der Waals surface area contributed by atoms with E-state index >= 15 is 0 Å². The Bertz CT molecular complexity index is 1260. The van der Waals surface area contributed by atoms with Crippen molar-refractivity contribution < 1.29 is 17.9 Å². The van der Waals surface area contributed by atoms with Crippen LogP contribution in [0.15, 0.2) is 65.6 Å². The molecule has 0 aliphatic heterocycles. The van der Waals surface area contributed by atoms with Crippen molar-refractivity contribution in [3.63, 3.8) is 0 Å². The normalized spacial score (nSPS) is 12.2. The number of anilines is 1. The number of nitrogens with one attached hydrogen (secondary N) is 2. The van der Waals surface area contributed by atoms with Gasteiger partial charge >= 0.3 is 0 Å². The third kappa shape index (κ3) is 5.23. The van der Waals surface area contributed by atoms with Gasteiger partial charge in [-0.2, -0.15) is 0 Å². The molecule has 168 valence electrons. The summed E-state index contributed by atoms with van der Waals surface area (Å²) in [5, 5.41) is 2.90. The van der Waals surface area contributed by atoms with Crippen molar-refractivity contribution >= 4 is 33.2 Å². The number of methoxy groups -OCH3 is 1. The molecule has 1 atom stereocenters. The summed E-state index contributed by atoms with van der Waals surface area (Å²) in [4.78, 5) is 12.7. The van der Waals surface area contributed by atoms with Gasteiger partial charge in [-0.25, -0.2) is 8.42 Å². The topological polar surface area (TPSA) is 84.5 Å². The van der Waals surface area contributed by atoms with Gasteiger partial charge in [-0.05, 0) is 56.7 Å². The maximum atomic E-state index is 13.0. The molecule has 2 N–H and O–H groups in total. The molecule has 0 aliphatic rings. The fourth-order valence-corrected chi connectivity index (χ4v) is 5.02. The number of carbonyl (C=O) groups is 1. The third-order valence-electron chi connectivity index (χ3n) is 5.06. The third-order valence-corrected chi connectivity index (χ3v) is 6.91. The predicted octanol–water partition coefficient (Wildman–Crippen LogP) is 5.26. The van der Waals surface area contributed by atoms with Gasteiger partial charge in [-0.3, -0.25) is 9.52 Å². The van der Waals surface area contributed by atoms with E-state index in [1.165, 1.54) is 18.2 Å². The highest BCUT2D eigenvalue weighted by atomic mass is 35.5. The summed E-state index contributed by atoms with van der Waals surface area (Å²) in [6.07, 6.45) is 0. The highest BCUT2D eigenvalue weighted by Gasteiger charge is 2.22. The minimum absolute atomic E-state index is 0.0246. The van der Waals surface area contributed by atoms with Crippen LogP contribution in [0.25, 0.3) is 0 Å². The average molecular weight is 473 g/mol. The van der Waals surface area contributed by atoms with Crippen molar-refractivity contribution in [2.75, 3.05) is 11.8 Å². The van der Waals surface area contributed by atoms with E-state index in [0.717, 1.165) is 16.7 Å². The summed E-state index contributed by atoms with van der Waals surface area (Å²) in [5.41, 5.74) is 3.24. The monoisotopic (exact) mass is 472 g/mol. The van der Waals surface area contributed by atoms with Crippen LogP contribution in [0.1, 0.15) is 40.0 Å². The zero-order valence-electron chi connectivity index (χ0n) is 18.3. The molecule has 3 rings (SSSR count). The molecule has 0 heterocycles. The Labute approximate surface area is 193 Å². The number of hydrogen-bond donors (Lipinski definition) is 2. The molecule has 0 aliphatic carbocycles. The first-order valence-electron chi connectivity index (χ1n) is 9.96. The Balaban J connectivity index is 1.86. The molecular formula is C24H25ClN2O4S. The van der Waals surface area contributed by atoms with E-state index in [2.05, 4.69) is 10.0 Å². The average Bonchev–Trinajstić information content (AvgIpc) is 2.75. The number of carbonyl (C=O) groups excluding carboxylic acids is 1. The van der Waals surface area contributed by atoms with Gasteiger partial charge in [0.1, 0.15) is 10.6 Å². The molecule has 0 saturated carbocycles. The molecule has 8 heteroatoms. The van der Waals surface area contributed by atoms with Gasteiger partial charge in [0.2, 0.25) is 0 Å². The fraction of sp³-hybridized carbons (Fsp3) is 0.208. The Hall–Kier alpha value is -3.03. The maximum Gasteiger partial charge on any atom is 0.263 e. The second-order valence-electron chi connectivity index (χ2n) is 7.51. The maximum absolute atomic E-state index is 13.0. The van der Waals surface area contributed by atoms with E-state index < -0.39 is 15.9 Å². The van der Waals surface area contributed by atoms with Gasteiger partial charge in [0.15, 0.2) is 0 Å². The van der Waals surface area contributed by atoms with Gasteiger partial charge in [-0.1, -0.05) is 47.5 Å². The van der Waals surface area contributed by atoms with E-state index in [1.807, 2.05) is 57.2 Å². The SMILES string of the molecule is COc1ccccc1[C@H](C)NC(=O)c1ccc(Cl)c(S(=O)(=O)Nc2ccc(C)cc2C)c1. The lowest BCUT2D eigenvalue weighted by molar-refractivity contribution is 0.0939. The molecule has 1 amide bonds. The van der Waals surface area contributed by atoms with Crippen LogP contribution in [0.5, 0.6) is 5.75 Å². The molecule has 32 heavy (non-hydrogen) atoms. The Morgan fingerprint density at radius 2 is 1.75 bits per heavy atom. The van der Waals surface area contributed by atoms with Crippen LogP contribution >= 0.6 is 11.6 Å². The summed E-state index contributed by atoms with van der Waals surface area (Å²) in [7, 11) is -2.45. The Kier molecular flexibility index (Phi) is 7.11. The van der Waals surface area contributed by atoms with E-state index in [1.54, 1.807) is 13.2 Å². The number of para-hydroxylation sites is 1. The highest BCUT2D eigenvalue weighted by molar-refractivity contribution is 7.92. The van der Waals surface area contributed by atoms with Crippen LogP contribution in [0.2, 0.25) is 5.02 Å². The van der Waals surface area contributed by atoms with Gasteiger partial charge in [0, 0.05) is 11.1 Å². The Morgan fingerprint density at radius 1 is 1.03 bits per heavy atom. The molecule has 6 nitrogen and oxygen atoms in total. The van der Waals surface area contributed by atoms with Crippen LogP contribution in [0, 0.1) is 13.8 Å². The molecule has 0 aromatic heterocycles. The first kappa shape index (κ1) is 23.6. The van der Waals surface area contributed by atoms with Crippen molar-refractivity contribution in [1.82, 2.24) is 5.32 Å². The molecule has 0 saturated heterocycles. The lowest BCUT2D eigenvalue weighted by Crippen LogP contribution is -2.27. The van der Waals surface area contributed by atoms with Crippen molar-refractivity contribution in [2.24, 2.45) is 0 Å². The Morgan fingerprint density at radius 3 is 2.44 bits per heavy atom. The molecule has 3 aromatic rings.